The van der Waals surface area contributed by atoms with Gasteiger partial charge in [0, 0.05) is 6.54 Å². The van der Waals surface area contributed by atoms with Gasteiger partial charge in [-0.05, 0) is 37.1 Å². The molecule has 0 aromatic heterocycles. The molecule has 25 heavy (non-hydrogen) atoms. The highest BCUT2D eigenvalue weighted by Gasteiger charge is 2.53. The van der Waals surface area contributed by atoms with E-state index in [4.69, 9.17) is 0 Å². The lowest BCUT2D eigenvalue weighted by Gasteiger charge is -2.36. The maximum Gasteiger partial charge on any atom is 0.244 e. The first-order chi connectivity index (χ1) is 11.8. The first kappa shape index (κ1) is 17.4. The molecule has 0 saturated carbocycles. The largest absolute Gasteiger partial charge is 0.244 e. The Morgan fingerprint density at radius 1 is 1.16 bits per heavy atom. The van der Waals surface area contributed by atoms with E-state index in [1.165, 1.54) is 4.31 Å². The van der Waals surface area contributed by atoms with Gasteiger partial charge >= 0.3 is 0 Å². The van der Waals surface area contributed by atoms with Gasteiger partial charge < -0.3 is 0 Å². The SMILES string of the molecule is C=C1CN(S(=O)(=O)c2ccc(C)cc2)[C@](C)(c2ccccc2)[C@@H]1C#N. The van der Waals surface area contributed by atoms with Gasteiger partial charge in [0.1, 0.15) is 0 Å². The molecule has 0 aliphatic carbocycles. The highest BCUT2D eigenvalue weighted by Crippen LogP contribution is 2.47. The van der Waals surface area contributed by atoms with Crippen LogP contribution in [0.4, 0.5) is 0 Å². The molecule has 1 heterocycles. The predicted molar refractivity (Wildman–Crippen MR) is 97.1 cm³/mol. The number of hydrogen-bond donors (Lipinski definition) is 0. The van der Waals surface area contributed by atoms with Gasteiger partial charge in [-0.1, -0.05) is 54.6 Å². The van der Waals surface area contributed by atoms with Crippen molar-refractivity contribution in [1.29, 1.82) is 5.26 Å². The Morgan fingerprint density at radius 3 is 2.32 bits per heavy atom. The highest BCUT2D eigenvalue weighted by molar-refractivity contribution is 7.89. The minimum Gasteiger partial charge on any atom is -0.207 e. The molecule has 1 aliphatic heterocycles. The third kappa shape index (κ3) is 2.68. The highest BCUT2D eigenvalue weighted by atomic mass is 32.2. The molecule has 3 rings (SSSR count). The van der Waals surface area contributed by atoms with Gasteiger partial charge in [0.05, 0.1) is 22.4 Å². The molecule has 0 spiro atoms. The molecule has 0 unspecified atom stereocenters. The Morgan fingerprint density at radius 2 is 1.76 bits per heavy atom. The molecular formula is C20H20N2O2S. The number of hydrogen-bond acceptors (Lipinski definition) is 3. The smallest absolute Gasteiger partial charge is 0.207 e. The van der Waals surface area contributed by atoms with Crippen molar-refractivity contribution in [3.8, 4) is 6.07 Å². The summed E-state index contributed by atoms with van der Waals surface area (Å²) in [6, 6.07) is 18.3. The average molecular weight is 352 g/mol. The van der Waals surface area contributed by atoms with Gasteiger partial charge in [-0.3, -0.25) is 0 Å². The minimum atomic E-state index is -3.77. The monoisotopic (exact) mass is 352 g/mol. The summed E-state index contributed by atoms with van der Waals surface area (Å²) in [6.45, 7) is 7.83. The van der Waals surface area contributed by atoms with Crippen molar-refractivity contribution in [2.24, 2.45) is 5.92 Å². The van der Waals surface area contributed by atoms with Crippen molar-refractivity contribution in [1.82, 2.24) is 4.31 Å². The molecule has 4 nitrogen and oxygen atoms in total. The molecule has 0 bridgehead atoms. The second-order valence-electron chi connectivity index (χ2n) is 6.56. The zero-order valence-electron chi connectivity index (χ0n) is 14.3. The van der Waals surface area contributed by atoms with Gasteiger partial charge in [0.2, 0.25) is 10.0 Å². The summed E-state index contributed by atoms with van der Waals surface area (Å²) in [4.78, 5) is 0.228. The minimum absolute atomic E-state index is 0.139. The van der Waals surface area contributed by atoms with E-state index in [0.717, 1.165) is 11.1 Å². The summed E-state index contributed by atoms with van der Waals surface area (Å²) < 4.78 is 28.0. The van der Waals surface area contributed by atoms with Gasteiger partial charge in [-0.25, -0.2) is 8.42 Å². The van der Waals surface area contributed by atoms with Crippen LogP contribution in [0.3, 0.4) is 0 Å². The fraction of sp³-hybridized carbons (Fsp3) is 0.250. The van der Waals surface area contributed by atoms with Crippen LogP contribution >= 0.6 is 0 Å². The van der Waals surface area contributed by atoms with Gasteiger partial charge in [0.15, 0.2) is 0 Å². The van der Waals surface area contributed by atoms with Crippen LogP contribution in [-0.2, 0) is 15.6 Å². The Labute approximate surface area is 149 Å². The number of nitrogens with zero attached hydrogens (tertiary/aromatic N) is 2. The van der Waals surface area contributed by atoms with Crippen LogP contribution in [0.25, 0.3) is 0 Å². The maximum atomic E-state index is 13.3. The molecular weight excluding hydrogens is 332 g/mol. The molecule has 2 atom stereocenters. The number of sulfonamides is 1. The van der Waals surface area contributed by atoms with Crippen LogP contribution in [-0.4, -0.2) is 19.3 Å². The van der Waals surface area contributed by atoms with E-state index in [1.54, 1.807) is 31.2 Å². The van der Waals surface area contributed by atoms with E-state index in [2.05, 4.69) is 12.6 Å². The molecule has 5 heteroatoms. The molecule has 1 aliphatic rings. The standard InChI is InChI=1S/C20H20N2O2S/c1-15-9-11-18(12-10-15)25(23,24)22-14-16(2)19(13-21)20(22,3)17-7-5-4-6-8-17/h4-12,19H,2,14H2,1,3H3/t19-,20-/m1/s1. The first-order valence-electron chi connectivity index (χ1n) is 8.04. The van der Waals surface area contributed by atoms with Crippen LogP contribution < -0.4 is 0 Å². The van der Waals surface area contributed by atoms with Crippen molar-refractivity contribution < 1.29 is 8.42 Å². The Balaban J connectivity index is 2.18. The number of aryl methyl sites for hydroxylation is 1. The number of rotatable bonds is 3. The van der Waals surface area contributed by atoms with Crippen LogP contribution in [0.1, 0.15) is 18.1 Å². The van der Waals surface area contributed by atoms with E-state index in [-0.39, 0.29) is 11.4 Å². The zero-order chi connectivity index (χ0) is 18.2. The van der Waals surface area contributed by atoms with Crippen LogP contribution in [0.15, 0.2) is 71.6 Å². The lowest BCUT2D eigenvalue weighted by Crippen LogP contribution is -2.45. The van der Waals surface area contributed by atoms with Crippen molar-refractivity contribution in [2.45, 2.75) is 24.3 Å². The quantitative estimate of drug-likeness (QED) is 0.793. The predicted octanol–water partition coefficient (Wildman–Crippen LogP) is 3.61. The van der Waals surface area contributed by atoms with Gasteiger partial charge in [0.25, 0.3) is 0 Å². The number of benzene rings is 2. The van der Waals surface area contributed by atoms with E-state index in [1.807, 2.05) is 37.3 Å². The lowest BCUT2D eigenvalue weighted by atomic mass is 9.80. The van der Waals surface area contributed by atoms with Crippen molar-refractivity contribution in [2.75, 3.05) is 6.54 Å². The van der Waals surface area contributed by atoms with E-state index < -0.39 is 21.5 Å². The summed E-state index contributed by atoms with van der Waals surface area (Å²) >= 11 is 0. The number of nitriles is 1. The fourth-order valence-electron chi connectivity index (χ4n) is 3.46. The second kappa shape index (κ2) is 6.14. The van der Waals surface area contributed by atoms with Crippen molar-refractivity contribution >= 4 is 10.0 Å². The Bertz CT molecular complexity index is 943. The van der Waals surface area contributed by atoms with E-state index >= 15 is 0 Å². The summed E-state index contributed by atoms with van der Waals surface area (Å²) in [7, 11) is -3.77. The summed E-state index contributed by atoms with van der Waals surface area (Å²) in [5, 5.41) is 9.69. The molecule has 2 aromatic carbocycles. The van der Waals surface area contributed by atoms with Gasteiger partial charge in [-0.15, -0.1) is 0 Å². The molecule has 0 radical (unpaired) electrons. The van der Waals surface area contributed by atoms with Crippen LogP contribution in [0.5, 0.6) is 0 Å². The third-order valence-electron chi connectivity index (χ3n) is 4.93. The van der Waals surface area contributed by atoms with E-state index in [9.17, 15) is 13.7 Å². The summed E-state index contributed by atoms with van der Waals surface area (Å²) in [5.74, 6) is -0.602. The molecule has 0 N–H and O–H groups in total. The maximum absolute atomic E-state index is 13.3. The average Bonchev–Trinajstić information content (AvgIpc) is 2.88. The molecule has 1 fully saturated rings. The zero-order valence-corrected chi connectivity index (χ0v) is 15.1. The summed E-state index contributed by atoms with van der Waals surface area (Å²) in [6.07, 6.45) is 0. The summed E-state index contributed by atoms with van der Waals surface area (Å²) in [5.41, 5.74) is 1.41. The first-order valence-corrected chi connectivity index (χ1v) is 9.48. The molecule has 2 aromatic rings. The van der Waals surface area contributed by atoms with Crippen LogP contribution in [0, 0.1) is 24.2 Å². The Hall–Kier alpha value is -2.42. The lowest BCUT2D eigenvalue weighted by molar-refractivity contribution is 0.240. The van der Waals surface area contributed by atoms with Crippen molar-refractivity contribution in [3.63, 3.8) is 0 Å². The molecule has 1 saturated heterocycles. The molecule has 128 valence electrons. The van der Waals surface area contributed by atoms with E-state index in [0.29, 0.717) is 5.57 Å². The fourth-order valence-corrected chi connectivity index (χ4v) is 5.24. The topological polar surface area (TPSA) is 61.2 Å². The second-order valence-corrected chi connectivity index (χ2v) is 8.42. The third-order valence-corrected chi connectivity index (χ3v) is 6.89. The van der Waals surface area contributed by atoms with Crippen molar-refractivity contribution in [3.05, 3.63) is 77.9 Å². The van der Waals surface area contributed by atoms with Gasteiger partial charge in [-0.2, -0.15) is 9.57 Å². The normalized spacial score (nSPS) is 24.2. The Kier molecular flexibility index (Phi) is 4.28. The van der Waals surface area contributed by atoms with Crippen LogP contribution in [0.2, 0.25) is 0 Å². The molecule has 0 amide bonds.